The van der Waals surface area contributed by atoms with Crippen LogP contribution in [0.1, 0.15) is 5.56 Å². The van der Waals surface area contributed by atoms with Crippen molar-refractivity contribution in [3.8, 4) is 33.2 Å². The van der Waals surface area contributed by atoms with E-state index in [0.717, 1.165) is 21.6 Å². The average Bonchev–Trinajstić information content (AvgIpc) is 3.18. The highest BCUT2D eigenvalue weighted by Crippen LogP contribution is 2.38. The highest BCUT2D eigenvalue weighted by molar-refractivity contribution is 7.14. The molecule has 2 aromatic heterocycles. The molecule has 0 fully saturated rings. The molecule has 4 rings (SSSR count). The minimum atomic E-state index is -0.441. The Morgan fingerprint density at radius 3 is 2.52 bits per heavy atom. The lowest BCUT2D eigenvalue weighted by Gasteiger charge is -2.03. The molecule has 0 saturated carbocycles. The van der Waals surface area contributed by atoms with Crippen molar-refractivity contribution in [1.29, 1.82) is 0 Å². The molecule has 0 atom stereocenters. The normalized spacial score (nSPS) is 11.1. The fraction of sp³-hybridized carbons (Fsp3) is 0.100. The second-order valence-corrected chi connectivity index (χ2v) is 7.81. The van der Waals surface area contributed by atoms with Gasteiger partial charge in [-0.25, -0.2) is 14.1 Å². The van der Waals surface area contributed by atoms with Crippen LogP contribution in [0.4, 0.5) is 4.39 Å². The fourth-order valence-electron chi connectivity index (χ4n) is 2.96. The molecule has 0 spiro atoms. The third kappa shape index (κ3) is 3.27. The first-order chi connectivity index (χ1) is 13.0. The standard InChI is InChI=1S/C20H14Cl2FN3S/c1-11-14(10-27-18(11)12-6-8-13(21)9-7-12)20-24-19(25-26(20)2)17-15(22)4-3-5-16(17)23/h3-10H,1-2H3. The average molecular weight is 418 g/mol. The van der Waals surface area contributed by atoms with Crippen molar-refractivity contribution in [2.75, 3.05) is 0 Å². The van der Waals surface area contributed by atoms with Gasteiger partial charge in [0.15, 0.2) is 11.6 Å². The minimum Gasteiger partial charge on any atom is -0.248 e. The van der Waals surface area contributed by atoms with Crippen LogP contribution in [0.5, 0.6) is 0 Å². The smallest absolute Gasteiger partial charge is 0.186 e. The van der Waals surface area contributed by atoms with Crippen molar-refractivity contribution in [1.82, 2.24) is 14.8 Å². The Hall–Kier alpha value is -2.21. The van der Waals surface area contributed by atoms with Gasteiger partial charge in [-0.05, 0) is 42.3 Å². The van der Waals surface area contributed by atoms with E-state index in [1.54, 1.807) is 35.2 Å². The number of aryl methyl sites for hydroxylation is 1. The Bertz CT molecular complexity index is 1110. The first-order valence-corrected chi connectivity index (χ1v) is 9.79. The van der Waals surface area contributed by atoms with E-state index in [4.69, 9.17) is 23.2 Å². The van der Waals surface area contributed by atoms with Crippen molar-refractivity contribution in [3.63, 3.8) is 0 Å². The van der Waals surface area contributed by atoms with Crippen molar-refractivity contribution in [2.24, 2.45) is 7.05 Å². The Balaban J connectivity index is 1.80. The van der Waals surface area contributed by atoms with Crippen LogP contribution in [0.3, 0.4) is 0 Å². The van der Waals surface area contributed by atoms with E-state index >= 15 is 0 Å². The molecule has 0 aliphatic carbocycles. The zero-order valence-electron chi connectivity index (χ0n) is 14.5. The maximum absolute atomic E-state index is 14.2. The second-order valence-electron chi connectivity index (χ2n) is 6.09. The largest absolute Gasteiger partial charge is 0.248 e. The van der Waals surface area contributed by atoms with Crippen molar-refractivity contribution >= 4 is 34.5 Å². The van der Waals surface area contributed by atoms with Gasteiger partial charge in [-0.1, -0.05) is 41.4 Å². The van der Waals surface area contributed by atoms with E-state index in [2.05, 4.69) is 10.1 Å². The molecule has 0 aliphatic rings. The molecule has 0 saturated heterocycles. The van der Waals surface area contributed by atoms with E-state index < -0.39 is 5.82 Å². The summed E-state index contributed by atoms with van der Waals surface area (Å²) in [6.07, 6.45) is 0. The summed E-state index contributed by atoms with van der Waals surface area (Å²) in [6, 6.07) is 12.3. The summed E-state index contributed by atoms with van der Waals surface area (Å²) in [5.74, 6) is 0.496. The number of hydrogen-bond acceptors (Lipinski definition) is 3. The number of aromatic nitrogens is 3. The van der Waals surface area contributed by atoms with Gasteiger partial charge in [-0.2, -0.15) is 5.10 Å². The molecule has 0 unspecified atom stereocenters. The van der Waals surface area contributed by atoms with Gasteiger partial charge >= 0.3 is 0 Å². The van der Waals surface area contributed by atoms with Crippen molar-refractivity contribution in [2.45, 2.75) is 6.92 Å². The molecule has 0 aliphatic heterocycles. The molecule has 0 radical (unpaired) electrons. The lowest BCUT2D eigenvalue weighted by molar-refractivity contribution is 0.629. The van der Waals surface area contributed by atoms with Gasteiger partial charge in [0.1, 0.15) is 5.82 Å². The molecule has 0 N–H and O–H groups in total. The van der Waals surface area contributed by atoms with Crippen LogP contribution in [0.25, 0.3) is 33.2 Å². The molecule has 0 bridgehead atoms. The molecular formula is C20H14Cl2FN3S. The topological polar surface area (TPSA) is 30.7 Å². The molecular weight excluding hydrogens is 404 g/mol. The van der Waals surface area contributed by atoms with E-state index in [1.165, 1.54) is 6.07 Å². The van der Waals surface area contributed by atoms with E-state index in [0.29, 0.717) is 10.8 Å². The van der Waals surface area contributed by atoms with Gasteiger partial charge in [0.05, 0.1) is 10.6 Å². The lowest BCUT2D eigenvalue weighted by Crippen LogP contribution is -1.95. The van der Waals surface area contributed by atoms with Crippen LogP contribution in [0.2, 0.25) is 10.0 Å². The van der Waals surface area contributed by atoms with Gasteiger partial charge in [0.25, 0.3) is 0 Å². The molecule has 2 aromatic carbocycles. The van der Waals surface area contributed by atoms with Crippen LogP contribution < -0.4 is 0 Å². The summed E-state index contributed by atoms with van der Waals surface area (Å²) >= 11 is 13.8. The maximum atomic E-state index is 14.2. The van der Waals surface area contributed by atoms with Gasteiger partial charge < -0.3 is 0 Å². The monoisotopic (exact) mass is 417 g/mol. The van der Waals surface area contributed by atoms with Gasteiger partial charge in [0, 0.05) is 27.9 Å². The maximum Gasteiger partial charge on any atom is 0.186 e. The Kier molecular flexibility index (Phi) is 4.76. The summed E-state index contributed by atoms with van der Waals surface area (Å²) < 4.78 is 15.9. The van der Waals surface area contributed by atoms with Crippen LogP contribution >= 0.6 is 34.5 Å². The highest BCUT2D eigenvalue weighted by atomic mass is 35.5. The SMILES string of the molecule is Cc1c(-c2nc(-c3c(F)cccc3Cl)nn2C)csc1-c1ccc(Cl)cc1. The Labute approximate surface area is 170 Å². The summed E-state index contributed by atoms with van der Waals surface area (Å²) in [7, 11) is 1.79. The summed E-state index contributed by atoms with van der Waals surface area (Å²) in [5.41, 5.74) is 3.35. The molecule has 4 aromatic rings. The van der Waals surface area contributed by atoms with Gasteiger partial charge in [0.2, 0.25) is 0 Å². The summed E-state index contributed by atoms with van der Waals surface area (Å²) in [5, 5.41) is 7.41. The van der Waals surface area contributed by atoms with Gasteiger partial charge in [-0.3, -0.25) is 0 Å². The van der Waals surface area contributed by atoms with E-state index in [1.807, 2.05) is 36.6 Å². The predicted octanol–water partition coefficient (Wildman–Crippen LogP) is 6.63. The number of nitrogens with zero attached hydrogens (tertiary/aromatic N) is 3. The van der Waals surface area contributed by atoms with Crippen molar-refractivity contribution < 1.29 is 4.39 Å². The Morgan fingerprint density at radius 1 is 1.07 bits per heavy atom. The van der Waals surface area contributed by atoms with Crippen LogP contribution in [-0.4, -0.2) is 14.8 Å². The molecule has 27 heavy (non-hydrogen) atoms. The summed E-state index contributed by atoms with van der Waals surface area (Å²) in [4.78, 5) is 5.70. The first kappa shape index (κ1) is 18.2. The highest BCUT2D eigenvalue weighted by Gasteiger charge is 2.20. The summed E-state index contributed by atoms with van der Waals surface area (Å²) in [6.45, 7) is 2.04. The Morgan fingerprint density at radius 2 is 1.81 bits per heavy atom. The fourth-order valence-corrected chi connectivity index (χ4v) is 4.41. The first-order valence-electron chi connectivity index (χ1n) is 8.15. The van der Waals surface area contributed by atoms with Crippen LogP contribution in [-0.2, 0) is 7.05 Å². The second kappa shape index (κ2) is 7.08. The van der Waals surface area contributed by atoms with E-state index in [9.17, 15) is 4.39 Å². The molecule has 3 nitrogen and oxygen atoms in total. The van der Waals surface area contributed by atoms with Crippen LogP contribution in [0, 0.1) is 12.7 Å². The van der Waals surface area contributed by atoms with Crippen LogP contribution in [0.15, 0.2) is 47.8 Å². The lowest BCUT2D eigenvalue weighted by atomic mass is 10.1. The zero-order valence-corrected chi connectivity index (χ0v) is 16.8. The molecule has 136 valence electrons. The third-order valence-electron chi connectivity index (χ3n) is 4.34. The molecule has 0 amide bonds. The molecule has 2 heterocycles. The third-order valence-corrected chi connectivity index (χ3v) is 6.03. The number of thiophene rings is 1. The quantitative estimate of drug-likeness (QED) is 0.374. The van der Waals surface area contributed by atoms with Crippen molar-refractivity contribution in [3.05, 3.63) is 69.3 Å². The number of hydrogen-bond donors (Lipinski definition) is 0. The zero-order chi connectivity index (χ0) is 19.1. The number of benzene rings is 2. The number of halogens is 3. The minimum absolute atomic E-state index is 0.215. The predicted molar refractivity (Wildman–Crippen MR) is 110 cm³/mol. The molecule has 7 heteroatoms. The van der Waals surface area contributed by atoms with E-state index in [-0.39, 0.29) is 16.4 Å². The van der Waals surface area contributed by atoms with Gasteiger partial charge in [-0.15, -0.1) is 11.3 Å². The number of rotatable bonds is 3.